The fourth-order valence-electron chi connectivity index (χ4n) is 2.60. The first-order valence-electron chi connectivity index (χ1n) is 8.07. The van der Waals surface area contributed by atoms with Crippen molar-refractivity contribution in [1.29, 1.82) is 5.41 Å². The number of rotatable bonds is 3. The molecule has 0 unspecified atom stereocenters. The molecule has 3 heterocycles. The van der Waals surface area contributed by atoms with Crippen molar-refractivity contribution in [3.05, 3.63) is 68.6 Å². The maximum Gasteiger partial charge on any atom is 0.353 e. The topological polar surface area (TPSA) is 92.0 Å². The number of fused-ring (bicyclic) bond motifs is 1. The average molecular weight is 414 g/mol. The molecule has 0 atom stereocenters. The van der Waals surface area contributed by atoms with Crippen molar-refractivity contribution in [2.45, 2.75) is 6.92 Å². The lowest BCUT2D eigenvalue weighted by Crippen LogP contribution is -2.38. The minimum Gasteiger partial charge on any atom is -0.421 e. The first-order valence-corrected chi connectivity index (χ1v) is 9.33. The van der Waals surface area contributed by atoms with Crippen molar-refractivity contribution in [3.63, 3.8) is 0 Å². The van der Waals surface area contributed by atoms with Gasteiger partial charge in [0.25, 0.3) is 5.91 Å². The van der Waals surface area contributed by atoms with Gasteiger partial charge in [-0.15, -0.1) is 16.4 Å². The Morgan fingerprint density at radius 3 is 2.93 bits per heavy atom. The van der Waals surface area contributed by atoms with Crippen LogP contribution in [-0.4, -0.2) is 28.6 Å². The number of amides is 1. The van der Waals surface area contributed by atoms with Crippen LogP contribution in [0.25, 0.3) is 6.08 Å². The maximum atomic E-state index is 12.3. The molecule has 1 N–H and O–H groups in total. The molecule has 1 amide bonds. The first-order chi connectivity index (χ1) is 13.4. The van der Waals surface area contributed by atoms with Gasteiger partial charge in [0.15, 0.2) is 11.7 Å². The van der Waals surface area contributed by atoms with E-state index < -0.39 is 11.9 Å². The third kappa shape index (κ3) is 3.35. The zero-order chi connectivity index (χ0) is 19.8. The Morgan fingerprint density at radius 1 is 1.39 bits per heavy atom. The van der Waals surface area contributed by atoms with Gasteiger partial charge in [-0.25, -0.2) is 4.79 Å². The number of benzene rings is 1. The van der Waals surface area contributed by atoms with Crippen LogP contribution in [0, 0.1) is 5.41 Å². The number of hydroxylamine groups is 2. The van der Waals surface area contributed by atoms with E-state index in [0.29, 0.717) is 16.2 Å². The maximum absolute atomic E-state index is 12.3. The summed E-state index contributed by atoms with van der Waals surface area (Å²) in [6, 6.07) is 8.11. The molecular weight excluding hydrogens is 402 g/mol. The fraction of sp³-hybridized carbons (Fsp3) is 0.0526. The zero-order valence-corrected chi connectivity index (χ0v) is 16.0. The molecule has 4 rings (SSSR count). The van der Waals surface area contributed by atoms with Crippen LogP contribution in [0.1, 0.15) is 22.2 Å². The summed E-state index contributed by atoms with van der Waals surface area (Å²) in [5, 5.41) is 11.4. The number of carbonyl (C=O) groups excluding carboxylic acids is 2. The molecule has 2 aliphatic rings. The van der Waals surface area contributed by atoms with E-state index in [9.17, 15) is 9.59 Å². The molecule has 0 saturated heterocycles. The summed E-state index contributed by atoms with van der Waals surface area (Å²) < 4.78 is 5.30. The summed E-state index contributed by atoms with van der Waals surface area (Å²) in [5.74, 6) is -0.142. The lowest BCUT2D eigenvalue weighted by Gasteiger charge is -2.23. The van der Waals surface area contributed by atoms with E-state index in [1.165, 1.54) is 28.5 Å². The van der Waals surface area contributed by atoms with Gasteiger partial charge in [0, 0.05) is 6.08 Å². The van der Waals surface area contributed by atoms with Gasteiger partial charge >= 0.3 is 5.97 Å². The Hall–Kier alpha value is -3.23. The SMILES string of the molecule is CC1=CC2=NC(=O)/C(=C\c3ccc(OC(=O)c4cccs4)c(Cl)c3)C(=N)N2O1. The summed E-state index contributed by atoms with van der Waals surface area (Å²) in [4.78, 5) is 34.1. The lowest BCUT2D eigenvalue weighted by molar-refractivity contribution is -0.114. The highest BCUT2D eigenvalue weighted by Gasteiger charge is 2.34. The second-order valence-electron chi connectivity index (χ2n) is 5.88. The van der Waals surface area contributed by atoms with Gasteiger partial charge in [-0.05, 0) is 42.1 Å². The lowest BCUT2D eigenvalue weighted by atomic mass is 10.1. The van der Waals surface area contributed by atoms with Crippen LogP contribution in [0.4, 0.5) is 0 Å². The number of hydrogen-bond donors (Lipinski definition) is 1. The van der Waals surface area contributed by atoms with Crippen LogP contribution in [0.15, 0.2) is 58.1 Å². The summed E-state index contributed by atoms with van der Waals surface area (Å²) in [6.07, 6.45) is 3.07. The molecule has 0 radical (unpaired) electrons. The molecule has 0 fully saturated rings. The minimum absolute atomic E-state index is 0.0613. The first kappa shape index (κ1) is 18.1. The monoisotopic (exact) mass is 413 g/mol. The molecule has 9 heteroatoms. The summed E-state index contributed by atoms with van der Waals surface area (Å²) >= 11 is 7.49. The normalized spacial score (nSPS) is 17.2. The second kappa shape index (κ2) is 7.06. The number of allylic oxidation sites excluding steroid dienone is 1. The van der Waals surface area contributed by atoms with Gasteiger partial charge < -0.3 is 9.57 Å². The smallest absolute Gasteiger partial charge is 0.353 e. The van der Waals surface area contributed by atoms with Gasteiger partial charge in [0.1, 0.15) is 16.4 Å². The minimum atomic E-state index is -0.546. The molecule has 1 aromatic heterocycles. The second-order valence-corrected chi connectivity index (χ2v) is 7.23. The van der Waals surface area contributed by atoms with Crippen LogP contribution in [-0.2, 0) is 9.63 Å². The highest BCUT2D eigenvalue weighted by Crippen LogP contribution is 2.29. The third-order valence-electron chi connectivity index (χ3n) is 3.87. The molecule has 0 saturated carbocycles. The van der Waals surface area contributed by atoms with Crippen molar-refractivity contribution in [3.8, 4) is 5.75 Å². The molecule has 2 aromatic rings. The average Bonchev–Trinajstić information content (AvgIpc) is 3.30. The van der Waals surface area contributed by atoms with Crippen molar-refractivity contribution >= 4 is 52.6 Å². The van der Waals surface area contributed by atoms with E-state index in [1.807, 2.05) is 0 Å². The van der Waals surface area contributed by atoms with E-state index in [-0.39, 0.29) is 28.0 Å². The third-order valence-corrected chi connectivity index (χ3v) is 5.02. The number of nitrogens with zero attached hydrogens (tertiary/aromatic N) is 2. The Kier molecular flexibility index (Phi) is 4.58. The standard InChI is InChI=1S/C19H12ClN3O4S/c1-10-7-16-22-18(24)12(17(21)23(16)27-10)8-11-4-5-14(13(20)9-11)26-19(25)15-3-2-6-28-15/h2-9,21H,1H3/b12-8-,21-17?. The molecular formula is C19H12ClN3O4S. The predicted octanol–water partition coefficient (Wildman–Crippen LogP) is 4.07. The highest BCUT2D eigenvalue weighted by atomic mass is 35.5. The van der Waals surface area contributed by atoms with Gasteiger partial charge in [0.05, 0.1) is 10.6 Å². The Bertz CT molecular complexity index is 1100. The van der Waals surface area contributed by atoms with Crippen molar-refractivity contribution in [1.82, 2.24) is 5.06 Å². The summed E-state index contributed by atoms with van der Waals surface area (Å²) in [5.41, 5.74) is 0.614. The van der Waals surface area contributed by atoms with E-state index in [4.69, 9.17) is 26.6 Å². The van der Waals surface area contributed by atoms with Gasteiger partial charge in [0.2, 0.25) is 0 Å². The van der Waals surface area contributed by atoms with Gasteiger partial charge in [-0.2, -0.15) is 4.99 Å². The van der Waals surface area contributed by atoms with Crippen molar-refractivity contribution in [2.75, 3.05) is 0 Å². The van der Waals surface area contributed by atoms with E-state index in [2.05, 4.69) is 4.99 Å². The number of nitrogens with one attached hydrogen (secondary N) is 1. The van der Waals surface area contributed by atoms with E-state index >= 15 is 0 Å². The number of esters is 1. The summed E-state index contributed by atoms with van der Waals surface area (Å²) in [7, 11) is 0. The van der Waals surface area contributed by atoms with Gasteiger partial charge in [-0.3, -0.25) is 10.2 Å². The quantitative estimate of drug-likeness (QED) is 0.465. The number of thiophene rings is 1. The van der Waals surface area contributed by atoms with Crippen LogP contribution in [0.2, 0.25) is 5.02 Å². The molecule has 0 spiro atoms. The van der Waals surface area contributed by atoms with Crippen molar-refractivity contribution in [2.24, 2.45) is 4.99 Å². The molecule has 2 aliphatic heterocycles. The molecule has 28 heavy (non-hydrogen) atoms. The molecule has 0 bridgehead atoms. The molecule has 140 valence electrons. The largest absolute Gasteiger partial charge is 0.421 e. The Balaban J connectivity index is 1.57. The molecule has 7 nitrogen and oxygen atoms in total. The van der Waals surface area contributed by atoms with Gasteiger partial charge in [-0.1, -0.05) is 23.7 Å². The molecule has 0 aliphatic carbocycles. The van der Waals surface area contributed by atoms with Crippen LogP contribution in [0.3, 0.4) is 0 Å². The number of carbonyl (C=O) groups is 2. The number of aliphatic imine (C=N–C) groups is 1. The number of hydrogen-bond acceptors (Lipinski definition) is 6. The Morgan fingerprint density at radius 2 is 2.21 bits per heavy atom. The zero-order valence-electron chi connectivity index (χ0n) is 14.4. The Labute approximate surface area is 168 Å². The van der Waals surface area contributed by atoms with E-state index in [0.717, 1.165) is 0 Å². The fourth-order valence-corrected chi connectivity index (χ4v) is 3.43. The van der Waals surface area contributed by atoms with Crippen LogP contribution >= 0.6 is 22.9 Å². The van der Waals surface area contributed by atoms with Crippen LogP contribution in [0.5, 0.6) is 5.75 Å². The summed E-state index contributed by atoms with van der Waals surface area (Å²) in [6.45, 7) is 1.71. The number of amidine groups is 2. The van der Waals surface area contributed by atoms with Crippen molar-refractivity contribution < 1.29 is 19.2 Å². The molecule has 1 aromatic carbocycles. The number of ether oxygens (including phenoxy) is 1. The van der Waals surface area contributed by atoms with E-state index in [1.54, 1.807) is 42.6 Å². The predicted molar refractivity (Wildman–Crippen MR) is 106 cm³/mol. The highest BCUT2D eigenvalue weighted by molar-refractivity contribution is 7.12. The number of halogens is 1. The van der Waals surface area contributed by atoms with Crippen LogP contribution < -0.4 is 4.74 Å².